The van der Waals surface area contributed by atoms with Gasteiger partial charge in [0.15, 0.2) is 0 Å². The lowest BCUT2D eigenvalue weighted by molar-refractivity contribution is -0.153. The van der Waals surface area contributed by atoms with Gasteiger partial charge in [0, 0.05) is 11.4 Å². The van der Waals surface area contributed by atoms with Crippen LogP contribution in [0.4, 0.5) is 0 Å². The van der Waals surface area contributed by atoms with Crippen LogP contribution in [-0.4, -0.2) is 47.3 Å². The molecule has 2 rings (SSSR count). The highest BCUT2D eigenvalue weighted by Gasteiger charge is 2.25. The first-order chi connectivity index (χ1) is 16.9. The number of hydrogen-bond acceptors (Lipinski definition) is 8. The predicted molar refractivity (Wildman–Crippen MR) is 142 cm³/mol. The van der Waals surface area contributed by atoms with E-state index in [9.17, 15) is 14.7 Å². The van der Waals surface area contributed by atoms with Crippen LogP contribution in [0.5, 0.6) is 17.2 Å². The molecule has 2 N–H and O–H groups in total. The molecule has 1 aromatic heterocycles. The van der Waals surface area contributed by atoms with E-state index in [0.29, 0.717) is 40.5 Å². The molecule has 0 saturated carbocycles. The highest BCUT2D eigenvalue weighted by molar-refractivity contribution is 6.04. The number of esters is 1. The summed E-state index contributed by atoms with van der Waals surface area (Å²) in [7, 11) is 3.06. The number of aromatic hydroxyl groups is 1. The van der Waals surface area contributed by atoms with Gasteiger partial charge >= 0.3 is 5.97 Å². The lowest BCUT2D eigenvalue weighted by atomic mass is 9.95. The maximum absolute atomic E-state index is 13.1. The summed E-state index contributed by atoms with van der Waals surface area (Å²) in [5.41, 5.74) is 0.996. The van der Waals surface area contributed by atoms with E-state index < -0.39 is 17.1 Å². The van der Waals surface area contributed by atoms with Gasteiger partial charge in [-0.2, -0.15) is 10.2 Å². The second-order valence-electron chi connectivity index (χ2n) is 9.46. The van der Waals surface area contributed by atoms with Crippen molar-refractivity contribution in [2.75, 3.05) is 14.2 Å². The Hall–Kier alpha value is -3.62. The number of pyridine rings is 1. The molecule has 0 aliphatic rings. The maximum atomic E-state index is 13.1. The van der Waals surface area contributed by atoms with Crippen molar-refractivity contribution in [2.24, 2.45) is 10.2 Å². The zero-order valence-corrected chi connectivity index (χ0v) is 22.4. The Balaban J connectivity index is 2.63. The Morgan fingerprint density at radius 2 is 1.67 bits per heavy atom. The van der Waals surface area contributed by atoms with E-state index in [1.165, 1.54) is 14.2 Å². The fourth-order valence-corrected chi connectivity index (χ4v) is 3.71. The molecule has 0 aliphatic carbocycles. The molecule has 36 heavy (non-hydrogen) atoms. The van der Waals surface area contributed by atoms with Crippen LogP contribution in [0.25, 0.3) is 11.1 Å². The molecule has 0 aliphatic heterocycles. The molecule has 1 heterocycles. The van der Waals surface area contributed by atoms with Crippen molar-refractivity contribution < 1.29 is 24.1 Å². The van der Waals surface area contributed by atoms with E-state index in [4.69, 9.17) is 14.2 Å². The lowest BCUT2D eigenvalue weighted by Gasteiger charge is -2.19. The minimum atomic E-state index is -0.606. The minimum Gasteiger partial charge on any atom is -0.506 e. The number of hydrogen-bond donors (Lipinski definition) is 2. The van der Waals surface area contributed by atoms with Crippen molar-refractivity contribution in [1.82, 2.24) is 4.98 Å². The molecule has 9 heteroatoms. The molecule has 0 fully saturated rings. The van der Waals surface area contributed by atoms with Gasteiger partial charge < -0.3 is 24.3 Å². The van der Waals surface area contributed by atoms with E-state index in [1.807, 2.05) is 6.92 Å². The second kappa shape index (κ2) is 12.4. The Kier molecular flexibility index (Phi) is 9.84. The Morgan fingerprint density at radius 1 is 1.06 bits per heavy atom. The Labute approximate surface area is 212 Å². The molecule has 0 atom stereocenters. The van der Waals surface area contributed by atoms with Crippen molar-refractivity contribution >= 4 is 17.4 Å². The zero-order chi connectivity index (χ0) is 27.0. The fraction of sp³-hybridized carbons (Fsp3) is 0.481. The van der Waals surface area contributed by atoms with Gasteiger partial charge in [0.2, 0.25) is 0 Å². The van der Waals surface area contributed by atoms with Crippen molar-refractivity contribution in [3.63, 3.8) is 0 Å². The number of aromatic amines is 1. The number of methoxy groups -OCH3 is 2. The molecule has 0 bridgehead atoms. The van der Waals surface area contributed by atoms with E-state index >= 15 is 0 Å². The third-order valence-corrected chi connectivity index (χ3v) is 5.28. The monoisotopic (exact) mass is 499 g/mol. The number of benzene rings is 1. The van der Waals surface area contributed by atoms with Gasteiger partial charge in [0.25, 0.3) is 5.56 Å². The minimum absolute atomic E-state index is 0.0213. The quantitative estimate of drug-likeness (QED) is 0.269. The van der Waals surface area contributed by atoms with E-state index in [2.05, 4.69) is 15.2 Å². The standard InChI is InChI=1S/C27H37N3O6/c1-9-10-12-18-23(24-19(34-7)13-11-14-20(24)35-8)25(32)22(26(33)28-18)17(3)30-29-16(2)15-21(31)36-27(4,5)6/h11,13-14H,9-10,12,15H2,1-8H3,(H2,28,32,33)/b29-16+,30-17+. The number of carbonyl (C=O) groups is 1. The first kappa shape index (κ1) is 28.6. The number of aryl methyl sites for hydroxylation is 1. The van der Waals surface area contributed by atoms with Crippen LogP contribution in [0.1, 0.15) is 72.1 Å². The summed E-state index contributed by atoms with van der Waals surface area (Å²) >= 11 is 0. The molecule has 0 saturated heterocycles. The number of H-pyrrole nitrogens is 1. The third kappa shape index (κ3) is 7.19. The van der Waals surface area contributed by atoms with Crippen molar-refractivity contribution in [3.05, 3.63) is 39.8 Å². The third-order valence-electron chi connectivity index (χ3n) is 5.28. The highest BCUT2D eigenvalue weighted by atomic mass is 16.6. The SMILES string of the molecule is CCCCc1[nH]c(=O)c(/C(C)=N/N=C(\C)CC(=O)OC(C)(C)C)c(O)c1-c1c(OC)cccc1OC. The smallest absolute Gasteiger partial charge is 0.312 e. The molecule has 1 aromatic carbocycles. The molecular formula is C27H37N3O6. The van der Waals surface area contributed by atoms with Crippen LogP contribution in [0.2, 0.25) is 0 Å². The van der Waals surface area contributed by atoms with Gasteiger partial charge in [-0.15, -0.1) is 0 Å². The van der Waals surface area contributed by atoms with Crippen LogP contribution in [0, 0.1) is 0 Å². The lowest BCUT2D eigenvalue weighted by Crippen LogP contribution is -2.24. The van der Waals surface area contributed by atoms with Crippen LogP contribution in [0.3, 0.4) is 0 Å². The average molecular weight is 500 g/mol. The van der Waals surface area contributed by atoms with Gasteiger partial charge in [0.1, 0.15) is 28.4 Å². The first-order valence-corrected chi connectivity index (χ1v) is 11.9. The van der Waals surface area contributed by atoms with Gasteiger partial charge in [-0.3, -0.25) is 9.59 Å². The summed E-state index contributed by atoms with van der Waals surface area (Å²) in [5.74, 6) is 0.305. The summed E-state index contributed by atoms with van der Waals surface area (Å²) in [6.45, 7) is 10.6. The molecule has 2 aromatic rings. The van der Waals surface area contributed by atoms with Gasteiger partial charge in [-0.25, -0.2) is 0 Å². The number of ether oxygens (including phenoxy) is 3. The number of nitrogens with zero attached hydrogens (tertiary/aromatic N) is 2. The normalized spacial score (nSPS) is 12.4. The maximum Gasteiger partial charge on any atom is 0.312 e. The Morgan fingerprint density at radius 3 is 2.19 bits per heavy atom. The Bertz CT molecular complexity index is 1180. The van der Waals surface area contributed by atoms with Crippen LogP contribution < -0.4 is 15.0 Å². The fourth-order valence-electron chi connectivity index (χ4n) is 3.71. The van der Waals surface area contributed by atoms with Crippen molar-refractivity contribution in [3.8, 4) is 28.4 Å². The molecule has 0 unspecified atom stereocenters. The number of unbranched alkanes of at least 4 members (excludes halogenated alkanes) is 1. The molecule has 0 spiro atoms. The predicted octanol–water partition coefficient (Wildman–Crippen LogP) is 5.02. The largest absolute Gasteiger partial charge is 0.506 e. The molecule has 0 amide bonds. The highest BCUT2D eigenvalue weighted by Crippen LogP contribution is 2.44. The van der Waals surface area contributed by atoms with Crippen LogP contribution >= 0.6 is 0 Å². The molecular weight excluding hydrogens is 462 g/mol. The summed E-state index contributed by atoms with van der Waals surface area (Å²) in [5, 5.41) is 19.6. The van der Waals surface area contributed by atoms with E-state index in [1.54, 1.807) is 52.8 Å². The van der Waals surface area contributed by atoms with E-state index in [-0.39, 0.29) is 23.4 Å². The average Bonchev–Trinajstić information content (AvgIpc) is 2.79. The number of nitrogens with one attached hydrogen (secondary N) is 1. The second-order valence-corrected chi connectivity index (χ2v) is 9.46. The summed E-state index contributed by atoms with van der Waals surface area (Å²) in [4.78, 5) is 28.0. The van der Waals surface area contributed by atoms with Gasteiger partial charge in [0.05, 0.1) is 37.5 Å². The van der Waals surface area contributed by atoms with Gasteiger partial charge in [-0.05, 0) is 59.6 Å². The first-order valence-electron chi connectivity index (χ1n) is 11.9. The number of rotatable bonds is 10. The summed E-state index contributed by atoms with van der Waals surface area (Å²) in [6.07, 6.45) is 2.20. The van der Waals surface area contributed by atoms with Crippen molar-refractivity contribution in [1.29, 1.82) is 0 Å². The molecule has 196 valence electrons. The topological polar surface area (TPSA) is 123 Å². The number of aromatic nitrogens is 1. The van der Waals surface area contributed by atoms with Crippen molar-refractivity contribution in [2.45, 2.75) is 72.8 Å². The van der Waals surface area contributed by atoms with E-state index in [0.717, 1.165) is 12.8 Å². The molecule has 0 radical (unpaired) electrons. The van der Waals surface area contributed by atoms with Gasteiger partial charge in [-0.1, -0.05) is 19.4 Å². The van der Waals surface area contributed by atoms with Crippen LogP contribution in [-0.2, 0) is 16.0 Å². The van der Waals surface area contributed by atoms with Crippen LogP contribution in [0.15, 0.2) is 33.2 Å². The molecule has 9 nitrogen and oxygen atoms in total. The zero-order valence-electron chi connectivity index (χ0n) is 22.4. The summed E-state index contributed by atoms with van der Waals surface area (Å²) in [6, 6.07) is 5.30. The summed E-state index contributed by atoms with van der Waals surface area (Å²) < 4.78 is 16.4. The number of carbonyl (C=O) groups excluding carboxylic acids is 1.